The van der Waals surface area contributed by atoms with E-state index in [4.69, 9.17) is 0 Å². The maximum Gasteiger partial charge on any atom is 0.0110 e. The van der Waals surface area contributed by atoms with Gasteiger partial charge in [0.25, 0.3) is 0 Å². The van der Waals surface area contributed by atoms with Crippen molar-refractivity contribution >= 4 is 0 Å². The number of piperidine rings is 1. The van der Waals surface area contributed by atoms with Gasteiger partial charge in [0.2, 0.25) is 0 Å². The molecule has 0 spiro atoms. The normalized spacial score (nSPS) is 26.8. The first-order valence-electron chi connectivity index (χ1n) is 6.98. The molecule has 0 aromatic heterocycles. The summed E-state index contributed by atoms with van der Waals surface area (Å²) in [4.78, 5) is 7.76. The summed E-state index contributed by atoms with van der Waals surface area (Å²) in [6, 6.07) is 0. The molecule has 0 saturated carbocycles. The summed E-state index contributed by atoms with van der Waals surface area (Å²) in [5.74, 6) is 0. The molecule has 2 saturated heterocycles. The molecule has 3 heteroatoms. The minimum absolute atomic E-state index is 1.25. The zero-order chi connectivity index (χ0) is 11.2. The van der Waals surface area contributed by atoms with Crippen LogP contribution in [0.15, 0.2) is 0 Å². The molecule has 0 radical (unpaired) electrons. The summed E-state index contributed by atoms with van der Waals surface area (Å²) < 4.78 is 0. The van der Waals surface area contributed by atoms with Gasteiger partial charge in [0.1, 0.15) is 0 Å². The topological polar surface area (TPSA) is 9.72 Å². The molecule has 0 atom stereocenters. The highest BCUT2D eigenvalue weighted by molar-refractivity contribution is 4.70. The minimum atomic E-state index is 1.25. The van der Waals surface area contributed by atoms with Gasteiger partial charge < -0.3 is 14.7 Å². The number of likely N-dealkylation sites (N-methyl/N-ethyl adjacent to an activating group) is 1. The van der Waals surface area contributed by atoms with Crippen LogP contribution in [0.1, 0.15) is 25.7 Å². The third kappa shape index (κ3) is 4.04. The van der Waals surface area contributed by atoms with Gasteiger partial charge in [-0.05, 0) is 52.5 Å². The average Bonchev–Trinajstić information content (AvgIpc) is 2.53. The van der Waals surface area contributed by atoms with Crippen molar-refractivity contribution in [3.63, 3.8) is 0 Å². The summed E-state index contributed by atoms with van der Waals surface area (Å²) in [6.07, 6.45) is 5.63. The Bertz CT molecular complexity index is 190. The third-order valence-corrected chi connectivity index (χ3v) is 3.99. The Balaban J connectivity index is 1.64. The van der Waals surface area contributed by atoms with Crippen LogP contribution < -0.4 is 0 Å². The van der Waals surface area contributed by atoms with E-state index in [1.807, 2.05) is 0 Å². The monoisotopic (exact) mass is 225 g/mol. The molecule has 94 valence electrons. The van der Waals surface area contributed by atoms with Gasteiger partial charge in [0.05, 0.1) is 0 Å². The molecular weight excluding hydrogens is 198 g/mol. The maximum atomic E-state index is 2.65. The predicted molar refractivity (Wildman–Crippen MR) is 68.8 cm³/mol. The summed E-state index contributed by atoms with van der Waals surface area (Å²) in [6.45, 7) is 10.4. The van der Waals surface area contributed by atoms with Crippen LogP contribution in [0.4, 0.5) is 0 Å². The van der Waals surface area contributed by atoms with Gasteiger partial charge in [-0.2, -0.15) is 0 Å². The molecule has 3 nitrogen and oxygen atoms in total. The Kier molecular flexibility index (Phi) is 5.07. The van der Waals surface area contributed by atoms with Crippen LogP contribution in [0.5, 0.6) is 0 Å². The SMILES string of the molecule is CN1CCCN(CCN2CCCCC2)CC1. The van der Waals surface area contributed by atoms with Crippen molar-refractivity contribution < 1.29 is 0 Å². The van der Waals surface area contributed by atoms with Crippen molar-refractivity contribution in [2.75, 3.05) is 59.4 Å². The Morgan fingerprint density at radius 3 is 2.00 bits per heavy atom. The van der Waals surface area contributed by atoms with Crippen molar-refractivity contribution in [1.29, 1.82) is 0 Å². The first kappa shape index (κ1) is 12.3. The zero-order valence-electron chi connectivity index (χ0n) is 10.8. The lowest BCUT2D eigenvalue weighted by Crippen LogP contribution is -2.39. The third-order valence-electron chi connectivity index (χ3n) is 3.99. The Labute approximate surface area is 100 Å². The molecule has 0 bridgehead atoms. The molecule has 0 aromatic rings. The molecule has 0 aromatic carbocycles. The lowest BCUT2D eigenvalue weighted by Gasteiger charge is -2.29. The average molecular weight is 225 g/mol. The molecule has 2 fully saturated rings. The smallest absolute Gasteiger partial charge is 0.0110 e. The second-order valence-corrected chi connectivity index (χ2v) is 5.40. The second kappa shape index (κ2) is 6.58. The van der Waals surface area contributed by atoms with Gasteiger partial charge in [0.15, 0.2) is 0 Å². The lowest BCUT2D eigenvalue weighted by molar-refractivity contribution is 0.184. The number of rotatable bonds is 3. The highest BCUT2D eigenvalue weighted by atomic mass is 15.2. The number of hydrogen-bond donors (Lipinski definition) is 0. The number of nitrogens with zero attached hydrogens (tertiary/aromatic N) is 3. The van der Waals surface area contributed by atoms with Gasteiger partial charge in [-0.15, -0.1) is 0 Å². The van der Waals surface area contributed by atoms with Gasteiger partial charge in [0, 0.05) is 26.2 Å². The van der Waals surface area contributed by atoms with E-state index in [0.29, 0.717) is 0 Å². The van der Waals surface area contributed by atoms with Gasteiger partial charge >= 0.3 is 0 Å². The van der Waals surface area contributed by atoms with E-state index in [0.717, 1.165) is 0 Å². The van der Waals surface area contributed by atoms with Crippen LogP contribution in [-0.4, -0.2) is 74.1 Å². The molecule has 0 aliphatic carbocycles. The largest absolute Gasteiger partial charge is 0.305 e. The molecule has 2 aliphatic heterocycles. The molecule has 2 heterocycles. The maximum absolute atomic E-state index is 2.65. The Morgan fingerprint density at radius 1 is 0.625 bits per heavy atom. The first-order chi connectivity index (χ1) is 7.84. The zero-order valence-corrected chi connectivity index (χ0v) is 10.8. The van der Waals surface area contributed by atoms with E-state index in [2.05, 4.69) is 21.7 Å². The van der Waals surface area contributed by atoms with Crippen molar-refractivity contribution in [2.45, 2.75) is 25.7 Å². The quantitative estimate of drug-likeness (QED) is 0.712. The van der Waals surface area contributed by atoms with Crippen molar-refractivity contribution in [3.05, 3.63) is 0 Å². The molecule has 0 amide bonds. The van der Waals surface area contributed by atoms with E-state index >= 15 is 0 Å². The summed E-state index contributed by atoms with van der Waals surface area (Å²) in [5, 5.41) is 0. The second-order valence-electron chi connectivity index (χ2n) is 5.40. The summed E-state index contributed by atoms with van der Waals surface area (Å²) >= 11 is 0. The first-order valence-corrected chi connectivity index (χ1v) is 6.98. The lowest BCUT2D eigenvalue weighted by atomic mass is 10.1. The molecule has 2 rings (SSSR count). The molecule has 2 aliphatic rings. The molecule has 0 unspecified atom stereocenters. The van der Waals surface area contributed by atoms with E-state index in [9.17, 15) is 0 Å². The van der Waals surface area contributed by atoms with E-state index in [-0.39, 0.29) is 0 Å². The van der Waals surface area contributed by atoms with E-state index < -0.39 is 0 Å². The minimum Gasteiger partial charge on any atom is -0.305 e. The van der Waals surface area contributed by atoms with Gasteiger partial charge in [-0.25, -0.2) is 0 Å². The fourth-order valence-electron chi connectivity index (χ4n) is 2.79. The van der Waals surface area contributed by atoms with E-state index in [1.165, 1.54) is 78.0 Å². The van der Waals surface area contributed by atoms with Crippen LogP contribution in [0.2, 0.25) is 0 Å². The van der Waals surface area contributed by atoms with Gasteiger partial charge in [-0.1, -0.05) is 6.42 Å². The van der Waals surface area contributed by atoms with Crippen molar-refractivity contribution in [2.24, 2.45) is 0 Å². The summed E-state index contributed by atoms with van der Waals surface area (Å²) in [5.41, 5.74) is 0. The number of likely N-dealkylation sites (tertiary alicyclic amines) is 1. The molecular formula is C13H27N3. The van der Waals surface area contributed by atoms with Gasteiger partial charge in [-0.3, -0.25) is 0 Å². The fourth-order valence-corrected chi connectivity index (χ4v) is 2.79. The highest BCUT2D eigenvalue weighted by Gasteiger charge is 2.14. The van der Waals surface area contributed by atoms with E-state index in [1.54, 1.807) is 0 Å². The van der Waals surface area contributed by atoms with Crippen LogP contribution in [0.3, 0.4) is 0 Å². The van der Waals surface area contributed by atoms with Crippen LogP contribution in [0.25, 0.3) is 0 Å². The Morgan fingerprint density at radius 2 is 1.25 bits per heavy atom. The Hall–Kier alpha value is -0.120. The molecule has 0 N–H and O–H groups in total. The van der Waals surface area contributed by atoms with Crippen molar-refractivity contribution in [1.82, 2.24) is 14.7 Å². The fraction of sp³-hybridized carbons (Fsp3) is 1.00. The molecule has 16 heavy (non-hydrogen) atoms. The standard InChI is InChI=1S/C13H27N3/c1-14-6-5-9-16(11-10-14)13-12-15-7-3-2-4-8-15/h2-13H2,1H3. The number of hydrogen-bond acceptors (Lipinski definition) is 3. The highest BCUT2D eigenvalue weighted by Crippen LogP contribution is 2.08. The van der Waals surface area contributed by atoms with Crippen LogP contribution in [0, 0.1) is 0 Å². The summed E-state index contributed by atoms with van der Waals surface area (Å²) in [7, 11) is 2.24. The van der Waals surface area contributed by atoms with Crippen molar-refractivity contribution in [3.8, 4) is 0 Å². The van der Waals surface area contributed by atoms with Crippen LogP contribution in [-0.2, 0) is 0 Å². The predicted octanol–water partition coefficient (Wildman–Crippen LogP) is 1.11. The van der Waals surface area contributed by atoms with Crippen LogP contribution >= 0.6 is 0 Å².